The van der Waals surface area contributed by atoms with E-state index in [4.69, 9.17) is 11.6 Å². The minimum absolute atomic E-state index is 0.118. The fraction of sp³-hybridized carbons (Fsp3) is 0.467. The van der Waals surface area contributed by atoms with Gasteiger partial charge in [0.15, 0.2) is 5.13 Å². The van der Waals surface area contributed by atoms with Gasteiger partial charge in [0.05, 0.1) is 10.2 Å². The molecule has 1 fully saturated rings. The van der Waals surface area contributed by atoms with Gasteiger partial charge in [0.1, 0.15) is 0 Å². The first kappa shape index (κ1) is 13.8. The fourth-order valence-electron chi connectivity index (χ4n) is 2.73. The topological polar surface area (TPSA) is 42.0 Å². The molecule has 2 aromatic rings. The van der Waals surface area contributed by atoms with Gasteiger partial charge in [-0.05, 0) is 37.5 Å². The van der Waals surface area contributed by atoms with E-state index in [9.17, 15) is 4.79 Å². The zero-order valence-electron chi connectivity index (χ0n) is 11.4. The number of aromatic nitrogens is 1. The fourth-order valence-corrected chi connectivity index (χ4v) is 3.81. The van der Waals surface area contributed by atoms with Crippen LogP contribution in [0.25, 0.3) is 10.2 Å². The summed E-state index contributed by atoms with van der Waals surface area (Å²) < 4.78 is 1.06. The smallest absolute Gasteiger partial charge is 0.229 e. The molecule has 0 aliphatic heterocycles. The molecule has 1 amide bonds. The third-order valence-corrected chi connectivity index (χ3v) is 5.30. The first-order chi connectivity index (χ1) is 9.65. The SMILES string of the molecule is Cc1c(Cl)ccc2sc(NC(=O)C3CCCCC3)nc12. The van der Waals surface area contributed by atoms with Crippen molar-refractivity contribution in [3.05, 3.63) is 22.7 Å². The number of nitrogens with zero attached hydrogens (tertiary/aromatic N) is 1. The number of carbonyl (C=O) groups excluding carboxylic acids is 1. The van der Waals surface area contributed by atoms with Crippen molar-refractivity contribution in [1.82, 2.24) is 4.98 Å². The number of thiazole rings is 1. The van der Waals surface area contributed by atoms with Crippen LogP contribution >= 0.6 is 22.9 Å². The average Bonchev–Trinajstić information content (AvgIpc) is 2.87. The Bertz CT molecular complexity index is 647. The summed E-state index contributed by atoms with van der Waals surface area (Å²) in [6.07, 6.45) is 5.57. The summed E-state index contributed by atoms with van der Waals surface area (Å²) in [5.41, 5.74) is 1.86. The Balaban J connectivity index is 1.80. The van der Waals surface area contributed by atoms with Gasteiger partial charge in [-0.1, -0.05) is 42.2 Å². The number of fused-ring (bicyclic) bond motifs is 1. The van der Waals surface area contributed by atoms with Gasteiger partial charge < -0.3 is 5.32 Å². The van der Waals surface area contributed by atoms with Crippen molar-refractivity contribution in [2.24, 2.45) is 5.92 Å². The molecular weight excluding hydrogens is 292 g/mol. The number of hydrogen-bond acceptors (Lipinski definition) is 3. The Morgan fingerprint density at radius 2 is 2.10 bits per heavy atom. The lowest BCUT2D eigenvalue weighted by Gasteiger charge is -2.19. The zero-order valence-corrected chi connectivity index (χ0v) is 13.0. The molecule has 3 rings (SSSR count). The maximum atomic E-state index is 12.2. The highest BCUT2D eigenvalue weighted by atomic mass is 35.5. The summed E-state index contributed by atoms with van der Waals surface area (Å²) in [4.78, 5) is 16.7. The van der Waals surface area contributed by atoms with E-state index in [1.54, 1.807) is 0 Å². The highest BCUT2D eigenvalue weighted by molar-refractivity contribution is 7.22. The van der Waals surface area contributed by atoms with Gasteiger partial charge >= 0.3 is 0 Å². The Hall–Kier alpha value is -1.13. The Morgan fingerprint density at radius 3 is 2.85 bits per heavy atom. The monoisotopic (exact) mass is 308 g/mol. The molecule has 1 aliphatic rings. The number of aryl methyl sites for hydroxylation is 1. The highest BCUT2D eigenvalue weighted by Crippen LogP contribution is 2.32. The molecule has 0 saturated heterocycles. The molecule has 1 aromatic heterocycles. The third-order valence-electron chi connectivity index (χ3n) is 3.95. The number of halogens is 1. The second-order valence-electron chi connectivity index (χ2n) is 5.36. The summed E-state index contributed by atoms with van der Waals surface area (Å²) in [7, 11) is 0. The molecule has 0 spiro atoms. The summed E-state index contributed by atoms with van der Waals surface area (Å²) in [5.74, 6) is 0.271. The summed E-state index contributed by atoms with van der Waals surface area (Å²) in [6, 6.07) is 3.84. The van der Waals surface area contributed by atoms with Crippen molar-refractivity contribution in [3.8, 4) is 0 Å². The Labute approximate surface area is 127 Å². The van der Waals surface area contributed by atoms with Crippen LogP contribution in [-0.4, -0.2) is 10.9 Å². The van der Waals surface area contributed by atoms with Gasteiger partial charge in [0, 0.05) is 10.9 Å². The molecule has 1 N–H and O–H groups in total. The average molecular weight is 309 g/mol. The molecular formula is C15H17ClN2OS. The van der Waals surface area contributed by atoms with E-state index in [1.807, 2.05) is 19.1 Å². The van der Waals surface area contributed by atoms with E-state index in [-0.39, 0.29) is 11.8 Å². The van der Waals surface area contributed by atoms with E-state index in [1.165, 1.54) is 17.8 Å². The van der Waals surface area contributed by atoms with Crippen molar-refractivity contribution in [1.29, 1.82) is 0 Å². The van der Waals surface area contributed by atoms with Gasteiger partial charge in [-0.15, -0.1) is 0 Å². The van der Waals surface area contributed by atoms with Crippen molar-refractivity contribution in [2.45, 2.75) is 39.0 Å². The molecule has 3 nitrogen and oxygen atoms in total. The summed E-state index contributed by atoms with van der Waals surface area (Å²) in [5, 5.41) is 4.37. The number of hydrogen-bond donors (Lipinski definition) is 1. The molecule has 1 saturated carbocycles. The standard InChI is InChI=1S/C15H17ClN2OS/c1-9-11(16)7-8-12-13(9)17-15(20-12)18-14(19)10-5-3-2-4-6-10/h7-8,10H,2-6H2,1H3,(H,17,18,19). The van der Waals surface area contributed by atoms with Crippen LogP contribution in [0.3, 0.4) is 0 Å². The number of anilines is 1. The van der Waals surface area contributed by atoms with Crippen LogP contribution in [-0.2, 0) is 4.79 Å². The summed E-state index contributed by atoms with van der Waals surface area (Å²) in [6.45, 7) is 1.96. The second kappa shape index (κ2) is 5.70. The van der Waals surface area contributed by atoms with Gasteiger partial charge in [-0.25, -0.2) is 4.98 Å². The first-order valence-corrected chi connectivity index (χ1v) is 8.21. The molecule has 1 heterocycles. The molecule has 20 heavy (non-hydrogen) atoms. The van der Waals surface area contributed by atoms with Crippen molar-refractivity contribution < 1.29 is 4.79 Å². The van der Waals surface area contributed by atoms with Crippen LogP contribution in [0.5, 0.6) is 0 Å². The van der Waals surface area contributed by atoms with Gasteiger partial charge in [0.2, 0.25) is 5.91 Å². The molecule has 0 unspecified atom stereocenters. The lowest BCUT2D eigenvalue weighted by atomic mass is 9.89. The molecule has 0 atom stereocenters. The third kappa shape index (κ3) is 2.67. The van der Waals surface area contributed by atoms with E-state index in [2.05, 4.69) is 10.3 Å². The molecule has 1 aliphatic carbocycles. The molecule has 1 aromatic carbocycles. The van der Waals surface area contributed by atoms with E-state index < -0.39 is 0 Å². The maximum absolute atomic E-state index is 12.2. The van der Waals surface area contributed by atoms with Crippen molar-refractivity contribution in [2.75, 3.05) is 5.32 Å². The summed E-state index contributed by atoms with van der Waals surface area (Å²) >= 11 is 7.61. The maximum Gasteiger partial charge on any atom is 0.229 e. The number of carbonyl (C=O) groups is 1. The van der Waals surface area contributed by atoms with Crippen molar-refractivity contribution in [3.63, 3.8) is 0 Å². The van der Waals surface area contributed by atoms with Crippen LogP contribution in [0.1, 0.15) is 37.7 Å². The minimum atomic E-state index is 0.118. The Kier molecular flexibility index (Phi) is 3.94. The minimum Gasteiger partial charge on any atom is -0.302 e. The van der Waals surface area contributed by atoms with Crippen LogP contribution < -0.4 is 5.32 Å². The molecule has 106 valence electrons. The van der Waals surface area contributed by atoms with Gasteiger partial charge in [0.25, 0.3) is 0 Å². The van der Waals surface area contributed by atoms with E-state index in [0.29, 0.717) is 10.2 Å². The second-order valence-corrected chi connectivity index (χ2v) is 6.80. The lowest BCUT2D eigenvalue weighted by molar-refractivity contribution is -0.120. The largest absolute Gasteiger partial charge is 0.302 e. The highest BCUT2D eigenvalue weighted by Gasteiger charge is 2.22. The molecule has 0 radical (unpaired) electrons. The number of benzene rings is 1. The van der Waals surface area contributed by atoms with Crippen LogP contribution in [0.15, 0.2) is 12.1 Å². The zero-order chi connectivity index (χ0) is 14.1. The number of rotatable bonds is 2. The number of nitrogens with one attached hydrogen (secondary N) is 1. The van der Waals surface area contributed by atoms with Crippen LogP contribution in [0, 0.1) is 12.8 Å². The molecule has 0 bridgehead atoms. The molecule has 5 heteroatoms. The normalized spacial score (nSPS) is 16.5. The number of amides is 1. The van der Waals surface area contributed by atoms with E-state index >= 15 is 0 Å². The van der Waals surface area contributed by atoms with Crippen LogP contribution in [0.4, 0.5) is 5.13 Å². The predicted molar refractivity (Wildman–Crippen MR) is 84.6 cm³/mol. The lowest BCUT2D eigenvalue weighted by Crippen LogP contribution is -2.24. The Morgan fingerprint density at radius 1 is 1.35 bits per heavy atom. The van der Waals surface area contributed by atoms with E-state index in [0.717, 1.165) is 41.5 Å². The quantitative estimate of drug-likeness (QED) is 0.867. The van der Waals surface area contributed by atoms with Gasteiger partial charge in [-0.2, -0.15) is 0 Å². The van der Waals surface area contributed by atoms with Crippen LogP contribution in [0.2, 0.25) is 5.02 Å². The predicted octanol–water partition coefficient (Wildman–Crippen LogP) is 4.78. The van der Waals surface area contributed by atoms with Crippen molar-refractivity contribution >= 4 is 44.2 Å². The first-order valence-electron chi connectivity index (χ1n) is 7.01. The van der Waals surface area contributed by atoms with Gasteiger partial charge in [-0.3, -0.25) is 4.79 Å².